The molecular weight excluding hydrogens is 282 g/mol. The Kier molecular flexibility index (Phi) is 6.31. The summed E-state index contributed by atoms with van der Waals surface area (Å²) in [4.78, 5) is 13.0. The van der Waals surface area contributed by atoms with Crippen LogP contribution in [0.25, 0.3) is 0 Å². The maximum Gasteiger partial charge on any atom is 0.323 e. The number of nitrogens with one attached hydrogen (secondary N) is 1. The summed E-state index contributed by atoms with van der Waals surface area (Å²) in [6.45, 7) is 0.649. The molecule has 0 fully saturated rings. The fourth-order valence-corrected chi connectivity index (χ4v) is 2.85. The number of hydrogen-bond acceptors (Lipinski definition) is 4. The molecule has 0 aromatic heterocycles. The topological polar surface area (TPSA) is 38.3 Å². The molecule has 0 amide bonds. The van der Waals surface area contributed by atoms with Crippen molar-refractivity contribution in [2.45, 2.75) is 17.5 Å². The maximum absolute atomic E-state index is 11.9. The summed E-state index contributed by atoms with van der Waals surface area (Å²) in [5, 5.41) is 3.26. The summed E-state index contributed by atoms with van der Waals surface area (Å²) < 4.78 is 4.87. The van der Waals surface area contributed by atoms with Gasteiger partial charge in [0.25, 0.3) is 0 Å². The van der Waals surface area contributed by atoms with Crippen molar-refractivity contribution < 1.29 is 9.53 Å². The minimum atomic E-state index is -0.319. The fourth-order valence-electron chi connectivity index (χ4n) is 1.89. The Bertz CT molecular complexity index is 502. The number of methoxy groups -OCH3 is 1. The summed E-state index contributed by atoms with van der Waals surface area (Å²) in [5.74, 6) is 0.415. The molecule has 0 aliphatic heterocycles. The zero-order valence-corrected chi connectivity index (χ0v) is 12.8. The molecular formula is C17H19NO2S. The van der Waals surface area contributed by atoms with Crippen molar-refractivity contribution in [2.75, 3.05) is 12.9 Å². The first-order valence-corrected chi connectivity index (χ1v) is 7.81. The SMILES string of the molecule is COC(=O)C(CSc1ccccc1)NCc1ccccc1. The third-order valence-corrected chi connectivity index (χ3v) is 4.15. The van der Waals surface area contributed by atoms with Crippen molar-refractivity contribution >= 4 is 17.7 Å². The molecule has 0 saturated carbocycles. The average molecular weight is 301 g/mol. The number of carbonyl (C=O) groups excluding carboxylic acids is 1. The zero-order valence-electron chi connectivity index (χ0n) is 12.0. The van der Waals surface area contributed by atoms with E-state index in [9.17, 15) is 4.79 Å². The van der Waals surface area contributed by atoms with Gasteiger partial charge in [0, 0.05) is 17.2 Å². The Balaban J connectivity index is 1.90. The number of thioether (sulfide) groups is 1. The molecule has 0 bridgehead atoms. The van der Waals surface area contributed by atoms with E-state index in [0.717, 1.165) is 10.5 Å². The normalized spacial score (nSPS) is 11.9. The zero-order chi connectivity index (χ0) is 14.9. The van der Waals surface area contributed by atoms with Crippen LogP contribution in [0, 0.1) is 0 Å². The quantitative estimate of drug-likeness (QED) is 0.630. The Morgan fingerprint density at radius 1 is 1.10 bits per heavy atom. The molecule has 110 valence electrons. The van der Waals surface area contributed by atoms with Gasteiger partial charge in [-0.2, -0.15) is 0 Å². The largest absolute Gasteiger partial charge is 0.468 e. The second-order valence-electron chi connectivity index (χ2n) is 4.57. The summed E-state index contributed by atoms with van der Waals surface area (Å²) in [6.07, 6.45) is 0. The lowest BCUT2D eigenvalue weighted by molar-refractivity contribution is -0.142. The first-order valence-electron chi connectivity index (χ1n) is 6.82. The number of hydrogen-bond donors (Lipinski definition) is 1. The number of rotatable bonds is 7. The van der Waals surface area contributed by atoms with Gasteiger partial charge in [-0.1, -0.05) is 48.5 Å². The van der Waals surface area contributed by atoms with Crippen LogP contribution >= 0.6 is 11.8 Å². The van der Waals surface area contributed by atoms with Crippen LogP contribution in [0.15, 0.2) is 65.6 Å². The van der Waals surface area contributed by atoms with Crippen molar-refractivity contribution in [3.63, 3.8) is 0 Å². The Morgan fingerprint density at radius 3 is 2.33 bits per heavy atom. The molecule has 0 radical (unpaired) electrons. The molecule has 0 heterocycles. The van der Waals surface area contributed by atoms with Crippen LogP contribution in [0.1, 0.15) is 5.56 Å². The van der Waals surface area contributed by atoms with E-state index in [2.05, 4.69) is 5.32 Å². The van der Waals surface area contributed by atoms with Gasteiger partial charge in [0.15, 0.2) is 0 Å². The van der Waals surface area contributed by atoms with Gasteiger partial charge in [-0.05, 0) is 17.7 Å². The predicted molar refractivity (Wildman–Crippen MR) is 86.3 cm³/mol. The van der Waals surface area contributed by atoms with Crippen LogP contribution in [0.2, 0.25) is 0 Å². The van der Waals surface area contributed by atoms with Crippen molar-refractivity contribution in [3.05, 3.63) is 66.2 Å². The standard InChI is InChI=1S/C17H19NO2S/c1-20-17(19)16(13-21-15-10-6-3-7-11-15)18-12-14-8-4-2-5-9-14/h2-11,16,18H,12-13H2,1H3. The molecule has 4 heteroatoms. The number of carbonyl (C=O) groups is 1. The van der Waals surface area contributed by atoms with Crippen molar-refractivity contribution in [1.82, 2.24) is 5.32 Å². The number of ether oxygens (including phenoxy) is 1. The summed E-state index contributed by atoms with van der Waals surface area (Å²) >= 11 is 1.64. The second kappa shape index (κ2) is 8.49. The van der Waals surface area contributed by atoms with Gasteiger partial charge in [-0.15, -0.1) is 11.8 Å². The van der Waals surface area contributed by atoms with Crippen LogP contribution in [-0.2, 0) is 16.1 Å². The van der Waals surface area contributed by atoms with Crippen molar-refractivity contribution in [3.8, 4) is 0 Å². The van der Waals surface area contributed by atoms with Crippen LogP contribution in [0.5, 0.6) is 0 Å². The Morgan fingerprint density at radius 2 is 1.71 bits per heavy atom. The fraction of sp³-hybridized carbons (Fsp3) is 0.235. The van der Waals surface area contributed by atoms with E-state index in [1.54, 1.807) is 11.8 Å². The molecule has 0 aliphatic rings. The van der Waals surface area contributed by atoms with Gasteiger partial charge in [0.2, 0.25) is 0 Å². The first-order chi connectivity index (χ1) is 10.3. The number of esters is 1. The molecule has 2 rings (SSSR count). The van der Waals surface area contributed by atoms with E-state index in [0.29, 0.717) is 12.3 Å². The van der Waals surface area contributed by atoms with Crippen LogP contribution < -0.4 is 5.32 Å². The molecule has 3 nitrogen and oxygen atoms in total. The highest BCUT2D eigenvalue weighted by Crippen LogP contribution is 2.18. The van der Waals surface area contributed by atoms with Crippen molar-refractivity contribution in [1.29, 1.82) is 0 Å². The number of benzene rings is 2. The van der Waals surface area contributed by atoms with Gasteiger partial charge in [-0.3, -0.25) is 10.1 Å². The van der Waals surface area contributed by atoms with Crippen LogP contribution in [0.3, 0.4) is 0 Å². The third kappa shape index (κ3) is 5.25. The smallest absolute Gasteiger partial charge is 0.323 e. The van der Waals surface area contributed by atoms with E-state index < -0.39 is 0 Å². The predicted octanol–water partition coefficient (Wildman–Crippen LogP) is 3.11. The Labute approximate surface area is 129 Å². The minimum Gasteiger partial charge on any atom is -0.468 e. The van der Waals surface area contributed by atoms with E-state index in [-0.39, 0.29) is 12.0 Å². The highest BCUT2D eigenvalue weighted by atomic mass is 32.2. The van der Waals surface area contributed by atoms with E-state index in [4.69, 9.17) is 4.74 Å². The highest BCUT2D eigenvalue weighted by Gasteiger charge is 2.18. The van der Waals surface area contributed by atoms with Gasteiger partial charge >= 0.3 is 5.97 Å². The first kappa shape index (κ1) is 15.6. The molecule has 1 atom stereocenters. The minimum absolute atomic E-state index is 0.227. The van der Waals surface area contributed by atoms with E-state index in [1.165, 1.54) is 7.11 Å². The maximum atomic E-state index is 11.9. The molecule has 0 aliphatic carbocycles. The van der Waals surface area contributed by atoms with Gasteiger partial charge in [0.1, 0.15) is 6.04 Å². The van der Waals surface area contributed by atoms with Gasteiger partial charge in [-0.25, -0.2) is 0 Å². The highest BCUT2D eigenvalue weighted by molar-refractivity contribution is 7.99. The average Bonchev–Trinajstić information content (AvgIpc) is 2.56. The molecule has 2 aromatic carbocycles. The van der Waals surface area contributed by atoms with Crippen molar-refractivity contribution in [2.24, 2.45) is 0 Å². The second-order valence-corrected chi connectivity index (χ2v) is 5.66. The lowest BCUT2D eigenvalue weighted by Crippen LogP contribution is -2.39. The molecule has 0 saturated heterocycles. The van der Waals surface area contributed by atoms with E-state index in [1.807, 2.05) is 60.7 Å². The van der Waals surface area contributed by atoms with Crippen LogP contribution in [0.4, 0.5) is 0 Å². The lowest BCUT2D eigenvalue weighted by atomic mass is 10.2. The molecule has 1 unspecified atom stereocenters. The van der Waals surface area contributed by atoms with Gasteiger partial charge in [0.05, 0.1) is 7.11 Å². The Hall–Kier alpha value is -1.78. The molecule has 2 aromatic rings. The van der Waals surface area contributed by atoms with E-state index >= 15 is 0 Å². The summed E-state index contributed by atoms with van der Waals surface area (Å²) in [6, 6.07) is 19.7. The third-order valence-electron chi connectivity index (χ3n) is 3.04. The monoisotopic (exact) mass is 301 g/mol. The summed E-state index contributed by atoms with van der Waals surface area (Å²) in [5.41, 5.74) is 1.15. The van der Waals surface area contributed by atoms with Gasteiger partial charge < -0.3 is 4.74 Å². The molecule has 0 spiro atoms. The summed E-state index contributed by atoms with van der Waals surface area (Å²) in [7, 11) is 1.42. The van der Waals surface area contributed by atoms with Crippen LogP contribution in [-0.4, -0.2) is 24.9 Å². The molecule has 1 N–H and O–H groups in total. The lowest BCUT2D eigenvalue weighted by Gasteiger charge is -2.16. The molecule has 21 heavy (non-hydrogen) atoms.